The van der Waals surface area contributed by atoms with Crippen LogP contribution in [0.5, 0.6) is 0 Å². The van der Waals surface area contributed by atoms with E-state index in [1.165, 1.54) is 4.68 Å². The fourth-order valence-corrected chi connectivity index (χ4v) is 2.02. The first kappa shape index (κ1) is 10.6. The van der Waals surface area contributed by atoms with Crippen LogP contribution in [0.15, 0.2) is 29.1 Å². The summed E-state index contributed by atoms with van der Waals surface area (Å²) in [5, 5.41) is 6.39. The van der Waals surface area contributed by atoms with Crippen molar-refractivity contribution >= 4 is 38.3 Å². The van der Waals surface area contributed by atoms with E-state index in [1.807, 2.05) is 12.1 Å². The number of aromatic nitrogens is 2. The molecule has 2 aromatic rings. The van der Waals surface area contributed by atoms with Gasteiger partial charge in [0.1, 0.15) is 0 Å². The fourth-order valence-electron chi connectivity index (χ4n) is 1.43. The quantitative estimate of drug-likeness (QED) is 0.795. The lowest BCUT2D eigenvalue weighted by Gasteiger charge is -2.05. The van der Waals surface area contributed by atoms with Gasteiger partial charge in [0.05, 0.1) is 11.9 Å². The Morgan fingerprint density at radius 1 is 1.33 bits per heavy atom. The van der Waals surface area contributed by atoms with E-state index in [4.69, 9.17) is 11.6 Å². The van der Waals surface area contributed by atoms with E-state index in [2.05, 4.69) is 21.0 Å². The smallest absolute Gasteiger partial charge is 0.267 e. The van der Waals surface area contributed by atoms with E-state index in [0.717, 1.165) is 0 Å². The predicted molar refractivity (Wildman–Crippen MR) is 64.8 cm³/mol. The second-order valence-corrected chi connectivity index (χ2v) is 4.20. The Labute approximate surface area is 99.8 Å². The average Bonchev–Trinajstić information content (AvgIpc) is 2.26. The number of nitrogens with zero attached hydrogens (tertiary/aromatic N) is 2. The van der Waals surface area contributed by atoms with Gasteiger partial charge >= 0.3 is 0 Å². The minimum Gasteiger partial charge on any atom is -0.267 e. The Kier molecular flexibility index (Phi) is 3.07. The lowest BCUT2D eigenvalue weighted by atomic mass is 10.2. The standard InChI is InChI=1S/C10H8BrClN2O/c11-5-6-14-10(15)8-4-2-1-3-7(8)9(12)13-14/h1-4H,5-6H2. The van der Waals surface area contributed by atoms with Crippen molar-refractivity contribution in [3.05, 3.63) is 39.8 Å². The zero-order valence-corrected chi connectivity index (χ0v) is 10.1. The Morgan fingerprint density at radius 2 is 2.00 bits per heavy atom. The molecule has 0 spiro atoms. The van der Waals surface area contributed by atoms with Gasteiger partial charge in [0.25, 0.3) is 5.56 Å². The molecule has 1 aromatic heterocycles. The molecule has 0 radical (unpaired) electrons. The van der Waals surface area contributed by atoms with Crippen molar-refractivity contribution in [1.29, 1.82) is 0 Å². The van der Waals surface area contributed by atoms with E-state index in [9.17, 15) is 4.79 Å². The highest BCUT2D eigenvalue weighted by Gasteiger charge is 2.07. The maximum Gasteiger partial charge on any atom is 0.274 e. The van der Waals surface area contributed by atoms with Crippen molar-refractivity contribution in [2.75, 3.05) is 5.33 Å². The molecule has 78 valence electrons. The van der Waals surface area contributed by atoms with Crippen LogP contribution in [0, 0.1) is 0 Å². The minimum absolute atomic E-state index is 0.102. The third-order valence-corrected chi connectivity index (χ3v) is 2.75. The first-order valence-corrected chi connectivity index (χ1v) is 5.95. The Balaban J connectivity index is 2.79. The van der Waals surface area contributed by atoms with Crippen LogP contribution in [0.25, 0.3) is 10.8 Å². The monoisotopic (exact) mass is 286 g/mol. The van der Waals surface area contributed by atoms with Crippen LogP contribution in [0.1, 0.15) is 0 Å². The molecule has 0 N–H and O–H groups in total. The lowest BCUT2D eigenvalue weighted by Crippen LogP contribution is -2.23. The van der Waals surface area contributed by atoms with E-state index < -0.39 is 0 Å². The summed E-state index contributed by atoms with van der Waals surface area (Å²) in [4.78, 5) is 11.9. The van der Waals surface area contributed by atoms with Gasteiger partial charge in [0.15, 0.2) is 5.15 Å². The van der Waals surface area contributed by atoms with Crippen LogP contribution in [0.3, 0.4) is 0 Å². The number of rotatable bonds is 2. The number of benzene rings is 1. The summed E-state index contributed by atoms with van der Waals surface area (Å²) >= 11 is 9.25. The maximum atomic E-state index is 11.9. The van der Waals surface area contributed by atoms with Crippen LogP contribution >= 0.6 is 27.5 Å². The van der Waals surface area contributed by atoms with Crippen molar-refractivity contribution in [1.82, 2.24) is 9.78 Å². The number of alkyl halides is 1. The van der Waals surface area contributed by atoms with Gasteiger partial charge in [-0.3, -0.25) is 4.79 Å². The normalized spacial score (nSPS) is 10.8. The summed E-state index contributed by atoms with van der Waals surface area (Å²) in [6, 6.07) is 7.21. The number of hydrogen-bond donors (Lipinski definition) is 0. The predicted octanol–water partition coefficient (Wildman–Crippen LogP) is 2.44. The third kappa shape index (κ3) is 1.92. The van der Waals surface area contributed by atoms with Gasteiger partial charge in [-0.15, -0.1) is 0 Å². The van der Waals surface area contributed by atoms with Gasteiger partial charge in [-0.1, -0.05) is 45.7 Å². The Morgan fingerprint density at radius 3 is 2.67 bits per heavy atom. The molecule has 5 heteroatoms. The largest absolute Gasteiger partial charge is 0.274 e. The molecule has 2 rings (SSSR count). The molecule has 0 aliphatic rings. The Hall–Kier alpha value is -0.870. The molecule has 15 heavy (non-hydrogen) atoms. The fraction of sp³-hybridized carbons (Fsp3) is 0.200. The van der Waals surface area contributed by atoms with Crippen molar-refractivity contribution in [2.45, 2.75) is 6.54 Å². The Bertz CT molecular complexity index is 553. The van der Waals surface area contributed by atoms with Crippen molar-refractivity contribution in [2.24, 2.45) is 0 Å². The van der Waals surface area contributed by atoms with Crippen LogP contribution < -0.4 is 5.56 Å². The third-order valence-electron chi connectivity index (χ3n) is 2.12. The second kappa shape index (κ2) is 4.33. The molecule has 0 aliphatic carbocycles. The summed E-state index contributed by atoms with van der Waals surface area (Å²) in [6.45, 7) is 0.517. The van der Waals surface area contributed by atoms with Gasteiger partial charge in [-0.05, 0) is 6.07 Å². The molecule has 0 aliphatic heterocycles. The van der Waals surface area contributed by atoms with Gasteiger partial charge < -0.3 is 0 Å². The molecule has 0 bridgehead atoms. The van der Waals surface area contributed by atoms with E-state index in [0.29, 0.717) is 27.8 Å². The zero-order valence-electron chi connectivity index (χ0n) is 7.78. The first-order chi connectivity index (χ1) is 7.24. The van der Waals surface area contributed by atoms with Gasteiger partial charge in [0.2, 0.25) is 0 Å². The molecule has 0 saturated heterocycles. The first-order valence-electron chi connectivity index (χ1n) is 4.45. The summed E-state index contributed by atoms with van der Waals surface area (Å²) in [7, 11) is 0. The van der Waals surface area contributed by atoms with Gasteiger partial charge in [-0.25, -0.2) is 4.68 Å². The van der Waals surface area contributed by atoms with Crippen LogP contribution in [-0.4, -0.2) is 15.1 Å². The highest BCUT2D eigenvalue weighted by atomic mass is 79.9. The van der Waals surface area contributed by atoms with Crippen molar-refractivity contribution in [3.8, 4) is 0 Å². The van der Waals surface area contributed by atoms with Crippen LogP contribution in [-0.2, 0) is 6.54 Å². The van der Waals surface area contributed by atoms with Gasteiger partial charge in [0, 0.05) is 10.7 Å². The SMILES string of the molecule is O=c1c2ccccc2c(Cl)nn1CCBr. The zero-order chi connectivity index (χ0) is 10.8. The van der Waals surface area contributed by atoms with Crippen LogP contribution in [0.4, 0.5) is 0 Å². The highest BCUT2D eigenvalue weighted by Crippen LogP contribution is 2.17. The number of halogens is 2. The molecular weight excluding hydrogens is 279 g/mol. The molecule has 3 nitrogen and oxygen atoms in total. The number of fused-ring (bicyclic) bond motifs is 1. The van der Waals surface area contributed by atoms with E-state index >= 15 is 0 Å². The molecule has 0 atom stereocenters. The van der Waals surface area contributed by atoms with E-state index in [1.54, 1.807) is 12.1 Å². The van der Waals surface area contributed by atoms with Crippen LogP contribution in [0.2, 0.25) is 5.15 Å². The molecule has 0 saturated carbocycles. The van der Waals surface area contributed by atoms with Crippen molar-refractivity contribution in [3.63, 3.8) is 0 Å². The second-order valence-electron chi connectivity index (χ2n) is 3.05. The maximum absolute atomic E-state index is 11.9. The minimum atomic E-state index is -0.102. The van der Waals surface area contributed by atoms with Gasteiger partial charge in [-0.2, -0.15) is 5.10 Å². The number of aryl methyl sites for hydroxylation is 1. The molecule has 1 aromatic carbocycles. The molecule has 0 fully saturated rings. The molecule has 0 unspecified atom stereocenters. The molecule has 0 amide bonds. The highest BCUT2D eigenvalue weighted by molar-refractivity contribution is 9.09. The molecular formula is C10H8BrClN2O. The summed E-state index contributed by atoms with van der Waals surface area (Å²) in [5.41, 5.74) is -0.102. The summed E-state index contributed by atoms with van der Waals surface area (Å²) < 4.78 is 1.37. The number of hydrogen-bond acceptors (Lipinski definition) is 2. The summed E-state index contributed by atoms with van der Waals surface area (Å²) in [6.07, 6.45) is 0. The lowest BCUT2D eigenvalue weighted by molar-refractivity contribution is 0.632. The van der Waals surface area contributed by atoms with E-state index in [-0.39, 0.29) is 5.56 Å². The molecule has 1 heterocycles. The topological polar surface area (TPSA) is 34.9 Å². The summed E-state index contributed by atoms with van der Waals surface area (Å²) in [5.74, 6) is 0. The van der Waals surface area contributed by atoms with Crippen molar-refractivity contribution < 1.29 is 0 Å². The average molecular weight is 288 g/mol.